The number of fused-ring (bicyclic) bond motifs is 1. The Balaban J connectivity index is 1.47. The fourth-order valence-electron chi connectivity index (χ4n) is 3.16. The summed E-state index contributed by atoms with van der Waals surface area (Å²) in [5.41, 5.74) is 0.514. The van der Waals surface area contributed by atoms with Crippen LogP contribution in [-0.4, -0.2) is 12.6 Å². The number of esters is 1. The van der Waals surface area contributed by atoms with E-state index in [1.54, 1.807) is 12.1 Å². The average Bonchev–Trinajstić information content (AvgIpc) is 2.73. The minimum Gasteiger partial charge on any atom is -0.494 e. The normalized spacial score (nSPS) is 10.8. The molecule has 0 N–H and O–H groups in total. The van der Waals surface area contributed by atoms with E-state index < -0.39 is 0 Å². The van der Waals surface area contributed by atoms with Crippen LogP contribution in [0.2, 0.25) is 0 Å². The van der Waals surface area contributed by atoms with Crippen LogP contribution in [0.5, 0.6) is 11.5 Å². The molecule has 3 rings (SSSR count). The van der Waals surface area contributed by atoms with Gasteiger partial charge in [0.1, 0.15) is 11.5 Å². The largest absolute Gasteiger partial charge is 0.494 e. The molecule has 146 valence electrons. The van der Waals surface area contributed by atoms with Gasteiger partial charge < -0.3 is 9.47 Å². The van der Waals surface area contributed by atoms with Gasteiger partial charge in [-0.2, -0.15) is 0 Å². The molecule has 0 aliphatic heterocycles. The van der Waals surface area contributed by atoms with Gasteiger partial charge in [-0.05, 0) is 53.6 Å². The van der Waals surface area contributed by atoms with Crippen molar-refractivity contribution in [2.24, 2.45) is 0 Å². The van der Waals surface area contributed by atoms with Crippen molar-refractivity contribution in [1.82, 2.24) is 0 Å². The van der Waals surface area contributed by atoms with E-state index in [-0.39, 0.29) is 5.97 Å². The van der Waals surface area contributed by atoms with Gasteiger partial charge in [0.15, 0.2) is 0 Å². The van der Waals surface area contributed by atoms with Gasteiger partial charge in [-0.1, -0.05) is 69.4 Å². The molecule has 0 saturated heterocycles. The molecule has 0 amide bonds. The first-order chi connectivity index (χ1) is 13.8. The standard InChI is InChI=1S/C25H28O3/c1-2-3-4-5-6-9-18-27-23-15-13-21(14-16-23)25(26)28-24-17-12-20-10-7-8-11-22(20)19-24/h7-8,10-17,19H,2-6,9,18H2,1H3. The average molecular weight is 376 g/mol. The quantitative estimate of drug-likeness (QED) is 0.222. The van der Waals surface area contributed by atoms with Crippen molar-refractivity contribution in [3.05, 3.63) is 72.3 Å². The van der Waals surface area contributed by atoms with Crippen molar-refractivity contribution >= 4 is 16.7 Å². The maximum absolute atomic E-state index is 12.4. The minimum absolute atomic E-state index is 0.363. The van der Waals surface area contributed by atoms with E-state index >= 15 is 0 Å². The Hall–Kier alpha value is -2.81. The minimum atomic E-state index is -0.363. The van der Waals surface area contributed by atoms with E-state index in [1.165, 1.54) is 32.1 Å². The summed E-state index contributed by atoms with van der Waals surface area (Å²) in [5, 5.41) is 2.17. The number of ether oxygens (including phenoxy) is 2. The van der Waals surface area contributed by atoms with Crippen molar-refractivity contribution in [2.75, 3.05) is 6.61 Å². The Bertz CT molecular complexity index is 884. The molecule has 0 fully saturated rings. The zero-order valence-corrected chi connectivity index (χ0v) is 16.5. The lowest BCUT2D eigenvalue weighted by molar-refractivity contribution is 0.0735. The van der Waals surface area contributed by atoms with Crippen LogP contribution in [0.4, 0.5) is 0 Å². The van der Waals surface area contributed by atoms with Crippen molar-refractivity contribution in [1.29, 1.82) is 0 Å². The van der Waals surface area contributed by atoms with Crippen LogP contribution in [0.15, 0.2) is 66.7 Å². The highest BCUT2D eigenvalue weighted by molar-refractivity contribution is 5.92. The van der Waals surface area contributed by atoms with E-state index in [2.05, 4.69) is 6.92 Å². The lowest BCUT2D eigenvalue weighted by Crippen LogP contribution is -2.08. The molecule has 3 aromatic rings. The Morgan fingerprint density at radius 3 is 2.21 bits per heavy atom. The summed E-state index contributed by atoms with van der Waals surface area (Å²) in [6, 6.07) is 20.8. The maximum Gasteiger partial charge on any atom is 0.343 e. The van der Waals surface area contributed by atoms with Crippen LogP contribution >= 0.6 is 0 Å². The van der Waals surface area contributed by atoms with Gasteiger partial charge in [0.05, 0.1) is 12.2 Å². The number of rotatable bonds is 10. The van der Waals surface area contributed by atoms with E-state index in [1.807, 2.05) is 54.6 Å². The number of carbonyl (C=O) groups excluding carboxylic acids is 1. The predicted molar refractivity (Wildman–Crippen MR) is 114 cm³/mol. The van der Waals surface area contributed by atoms with Crippen LogP contribution < -0.4 is 9.47 Å². The van der Waals surface area contributed by atoms with Crippen molar-refractivity contribution in [2.45, 2.75) is 45.4 Å². The molecule has 0 atom stereocenters. The molecule has 3 nitrogen and oxygen atoms in total. The smallest absolute Gasteiger partial charge is 0.343 e. The number of hydrogen-bond acceptors (Lipinski definition) is 3. The molecular weight excluding hydrogens is 348 g/mol. The molecule has 0 radical (unpaired) electrons. The molecule has 28 heavy (non-hydrogen) atoms. The third kappa shape index (κ3) is 5.85. The number of hydrogen-bond donors (Lipinski definition) is 0. The van der Waals surface area contributed by atoms with E-state index in [4.69, 9.17) is 9.47 Å². The van der Waals surface area contributed by atoms with Gasteiger partial charge in [-0.15, -0.1) is 0 Å². The highest BCUT2D eigenvalue weighted by Gasteiger charge is 2.09. The monoisotopic (exact) mass is 376 g/mol. The molecule has 3 heteroatoms. The summed E-state index contributed by atoms with van der Waals surface area (Å²) in [6.45, 7) is 2.94. The SMILES string of the molecule is CCCCCCCCOc1ccc(C(=O)Oc2ccc3ccccc3c2)cc1. The summed E-state index contributed by atoms with van der Waals surface area (Å²) in [7, 11) is 0. The molecule has 0 heterocycles. The highest BCUT2D eigenvalue weighted by atomic mass is 16.5. The number of unbranched alkanes of at least 4 members (excludes halogenated alkanes) is 5. The van der Waals surface area contributed by atoms with Crippen LogP contribution in [0.3, 0.4) is 0 Å². The zero-order chi connectivity index (χ0) is 19.6. The molecule has 0 aliphatic rings. The van der Waals surface area contributed by atoms with Crippen molar-refractivity contribution < 1.29 is 14.3 Å². The Kier molecular flexibility index (Phi) is 7.48. The van der Waals surface area contributed by atoms with Gasteiger partial charge in [0.2, 0.25) is 0 Å². The Morgan fingerprint density at radius 1 is 0.750 bits per heavy atom. The van der Waals surface area contributed by atoms with Gasteiger partial charge in [-0.25, -0.2) is 4.79 Å². The van der Waals surface area contributed by atoms with Crippen LogP contribution in [0.1, 0.15) is 55.8 Å². The van der Waals surface area contributed by atoms with Crippen LogP contribution in [0.25, 0.3) is 10.8 Å². The third-order valence-electron chi connectivity index (χ3n) is 4.79. The van der Waals surface area contributed by atoms with Gasteiger partial charge >= 0.3 is 5.97 Å². The van der Waals surface area contributed by atoms with E-state index in [0.717, 1.165) is 22.9 Å². The predicted octanol–water partition coefficient (Wildman–Crippen LogP) is 6.80. The molecule has 3 aromatic carbocycles. The summed E-state index contributed by atoms with van der Waals surface area (Å²) in [5.74, 6) is 0.973. The molecule has 0 unspecified atom stereocenters. The number of benzene rings is 3. The molecule has 0 spiro atoms. The fraction of sp³-hybridized carbons (Fsp3) is 0.320. The lowest BCUT2D eigenvalue weighted by Gasteiger charge is -2.08. The molecule has 0 aliphatic carbocycles. The Morgan fingerprint density at radius 2 is 1.43 bits per heavy atom. The molecular formula is C25H28O3. The van der Waals surface area contributed by atoms with E-state index in [9.17, 15) is 4.79 Å². The Labute approximate surface area is 167 Å². The second-order valence-electron chi connectivity index (χ2n) is 7.04. The molecule has 0 aromatic heterocycles. The summed E-state index contributed by atoms with van der Waals surface area (Å²) in [6.07, 6.45) is 7.44. The first kappa shape index (κ1) is 19.9. The van der Waals surface area contributed by atoms with E-state index in [0.29, 0.717) is 17.9 Å². The van der Waals surface area contributed by atoms with Gasteiger partial charge in [-0.3, -0.25) is 0 Å². The van der Waals surface area contributed by atoms with Crippen molar-refractivity contribution in [3.63, 3.8) is 0 Å². The second-order valence-corrected chi connectivity index (χ2v) is 7.04. The summed E-state index contributed by atoms with van der Waals surface area (Å²) in [4.78, 5) is 12.4. The first-order valence-electron chi connectivity index (χ1n) is 10.2. The van der Waals surface area contributed by atoms with Gasteiger partial charge in [0, 0.05) is 0 Å². The van der Waals surface area contributed by atoms with Crippen LogP contribution in [-0.2, 0) is 0 Å². The zero-order valence-electron chi connectivity index (χ0n) is 16.5. The topological polar surface area (TPSA) is 35.5 Å². The van der Waals surface area contributed by atoms with Crippen LogP contribution in [0, 0.1) is 0 Å². The van der Waals surface area contributed by atoms with Gasteiger partial charge in [0.25, 0.3) is 0 Å². The second kappa shape index (κ2) is 10.5. The fourth-order valence-corrected chi connectivity index (χ4v) is 3.16. The molecule has 0 bridgehead atoms. The first-order valence-corrected chi connectivity index (χ1v) is 10.2. The highest BCUT2D eigenvalue weighted by Crippen LogP contribution is 2.22. The summed E-state index contributed by atoms with van der Waals surface area (Å²) >= 11 is 0. The third-order valence-corrected chi connectivity index (χ3v) is 4.79. The number of carbonyl (C=O) groups is 1. The van der Waals surface area contributed by atoms with Crippen molar-refractivity contribution in [3.8, 4) is 11.5 Å². The molecule has 0 saturated carbocycles. The lowest BCUT2D eigenvalue weighted by atomic mass is 10.1. The summed E-state index contributed by atoms with van der Waals surface area (Å²) < 4.78 is 11.3. The maximum atomic E-state index is 12.4.